The predicted molar refractivity (Wildman–Crippen MR) is 122 cm³/mol. The van der Waals surface area contributed by atoms with Gasteiger partial charge in [-0.1, -0.05) is 32.0 Å². The summed E-state index contributed by atoms with van der Waals surface area (Å²) in [5.41, 5.74) is 3.16. The van der Waals surface area contributed by atoms with Gasteiger partial charge in [-0.25, -0.2) is 14.5 Å². The molecule has 0 saturated carbocycles. The summed E-state index contributed by atoms with van der Waals surface area (Å²) >= 11 is 0. The van der Waals surface area contributed by atoms with E-state index in [0.717, 1.165) is 29.6 Å². The second-order valence-electron chi connectivity index (χ2n) is 8.54. The average molecular weight is 431 g/mol. The van der Waals surface area contributed by atoms with E-state index in [0.29, 0.717) is 24.5 Å². The monoisotopic (exact) mass is 430 g/mol. The van der Waals surface area contributed by atoms with Gasteiger partial charge in [-0.2, -0.15) is 5.10 Å². The molecule has 3 aromatic heterocycles. The van der Waals surface area contributed by atoms with Crippen molar-refractivity contribution in [2.75, 3.05) is 13.1 Å². The van der Waals surface area contributed by atoms with E-state index in [4.69, 9.17) is 0 Å². The van der Waals surface area contributed by atoms with Crippen LogP contribution in [0.4, 0.5) is 0 Å². The molecule has 8 heteroatoms. The van der Waals surface area contributed by atoms with Gasteiger partial charge in [0.15, 0.2) is 5.82 Å². The summed E-state index contributed by atoms with van der Waals surface area (Å²) in [7, 11) is 0. The molecule has 1 aromatic carbocycles. The summed E-state index contributed by atoms with van der Waals surface area (Å²) in [4.78, 5) is 35.2. The van der Waals surface area contributed by atoms with E-state index < -0.39 is 0 Å². The first kappa shape index (κ1) is 20.2. The Morgan fingerprint density at radius 1 is 1.09 bits per heavy atom. The van der Waals surface area contributed by atoms with Crippen molar-refractivity contribution in [2.24, 2.45) is 0 Å². The van der Waals surface area contributed by atoms with Crippen LogP contribution in [0.5, 0.6) is 0 Å². The Labute approximate surface area is 185 Å². The number of aromatic nitrogens is 5. The molecule has 4 aromatic rings. The Bertz CT molecular complexity index is 1310. The van der Waals surface area contributed by atoms with E-state index in [1.165, 1.54) is 0 Å². The highest BCUT2D eigenvalue weighted by Crippen LogP contribution is 2.28. The molecule has 0 radical (unpaired) electrons. The number of piperidine rings is 1. The molecule has 1 fully saturated rings. The van der Waals surface area contributed by atoms with Crippen LogP contribution in [-0.4, -0.2) is 48.2 Å². The van der Waals surface area contributed by atoms with Gasteiger partial charge in [0.2, 0.25) is 0 Å². The minimum absolute atomic E-state index is 0.0133. The number of benzene rings is 1. The number of rotatable bonds is 4. The molecule has 0 spiro atoms. The Balaban J connectivity index is 1.38. The van der Waals surface area contributed by atoms with Crippen LogP contribution in [0, 0.1) is 0 Å². The summed E-state index contributed by atoms with van der Waals surface area (Å²) in [6, 6.07) is 13.5. The van der Waals surface area contributed by atoms with E-state index in [9.17, 15) is 9.59 Å². The van der Waals surface area contributed by atoms with Crippen molar-refractivity contribution >= 4 is 16.9 Å². The van der Waals surface area contributed by atoms with Crippen LogP contribution in [0.25, 0.3) is 16.9 Å². The molecule has 1 N–H and O–H groups in total. The normalized spacial score (nSPS) is 15.0. The second kappa shape index (κ2) is 8.11. The zero-order chi connectivity index (χ0) is 22.2. The summed E-state index contributed by atoms with van der Waals surface area (Å²) in [6.07, 6.45) is 4.85. The molecule has 1 amide bonds. The SMILES string of the molecule is CC(C)c1c(C(=O)N2CCC(n3c(=O)[nH]c4ccccc43)CC2)cnn1-c1ccccn1. The number of aromatic amines is 1. The van der Waals surface area contributed by atoms with Crippen LogP contribution in [-0.2, 0) is 0 Å². The number of nitrogens with one attached hydrogen (secondary N) is 1. The quantitative estimate of drug-likeness (QED) is 0.537. The summed E-state index contributed by atoms with van der Waals surface area (Å²) in [5.74, 6) is 0.800. The van der Waals surface area contributed by atoms with Crippen LogP contribution in [0.1, 0.15) is 54.7 Å². The number of imidazole rings is 1. The zero-order valence-electron chi connectivity index (χ0n) is 18.2. The van der Waals surface area contributed by atoms with Crippen molar-refractivity contribution in [3.05, 3.63) is 76.6 Å². The fourth-order valence-electron chi connectivity index (χ4n) is 4.67. The van der Waals surface area contributed by atoms with E-state index in [1.54, 1.807) is 17.1 Å². The number of carbonyl (C=O) groups is 1. The highest BCUT2D eigenvalue weighted by atomic mass is 16.2. The van der Waals surface area contributed by atoms with Gasteiger partial charge in [0, 0.05) is 25.3 Å². The number of likely N-dealkylation sites (tertiary alicyclic amines) is 1. The minimum Gasteiger partial charge on any atom is -0.338 e. The van der Waals surface area contributed by atoms with E-state index in [-0.39, 0.29) is 23.6 Å². The average Bonchev–Trinajstić information content (AvgIpc) is 3.40. The molecule has 5 rings (SSSR count). The van der Waals surface area contributed by atoms with Crippen molar-refractivity contribution in [3.8, 4) is 5.82 Å². The molecule has 0 atom stereocenters. The van der Waals surface area contributed by atoms with Crippen LogP contribution in [0.2, 0.25) is 0 Å². The van der Waals surface area contributed by atoms with Crippen molar-refractivity contribution in [3.63, 3.8) is 0 Å². The van der Waals surface area contributed by atoms with Crippen molar-refractivity contribution < 1.29 is 4.79 Å². The van der Waals surface area contributed by atoms with Gasteiger partial charge < -0.3 is 9.88 Å². The lowest BCUT2D eigenvalue weighted by Crippen LogP contribution is -2.40. The first-order valence-electron chi connectivity index (χ1n) is 11.0. The molecular weight excluding hydrogens is 404 g/mol. The predicted octanol–water partition coefficient (Wildman–Crippen LogP) is 3.51. The fourth-order valence-corrected chi connectivity index (χ4v) is 4.67. The maximum absolute atomic E-state index is 13.4. The molecule has 0 unspecified atom stereocenters. The number of carbonyl (C=O) groups excluding carboxylic acids is 1. The highest BCUT2D eigenvalue weighted by molar-refractivity contribution is 5.95. The number of fused-ring (bicyclic) bond motifs is 1. The van der Waals surface area contributed by atoms with Gasteiger partial charge in [-0.3, -0.25) is 9.36 Å². The Hall–Kier alpha value is -3.68. The van der Waals surface area contributed by atoms with Gasteiger partial charge in [0.1, 0.15) is 0 Å². The fraction of sp³-hybridized carbons (Fsp3) is 0.333. The zero-order valence-corrected chi connectivity index (χ0v) is 18.2. The number of hydrogen-bond acceptors (Lipinski definition) is 4. The molecule has 4 heterocycles. The van der Waals surface area contributed by atoms with Gasteiger partial charge >= 0.3 is 5.69 Å². The van der Waals surface area contributed by atoms with Crippen LogP contribution >= 0.6 is 0 Å². The molecule has 1 saturated heterocycles. The Morgan fingerprint density at radius 3 is 2.56 bits per heavy atom. The third-order valence-electron chi connectivity index (χ3n) is 6.19. The summed E-state index contributed by atoms with van der Waals surface area (Å²) in [5, 5.41) is 4.48. The van der Waals surface area contributed by atoms with Gasteiger partial charge in [-0.15, -0.1) is 0 Å². The maximum Gasteiger partial charge on any atom is 0.326 e. The molecule has 0 aliphatic carbocycles. The smallest absolute Gasteiger partial charge is 0.326 e. The number of nitrogens with zero attached hydrogens (tertiary/aromatic N) is 5. The first-order valence-corrected chi connectivity index (χ1v) is 11.0. The molecule has 8 nitrogen and oxygen atoms in total. The number of pyridine rings is 1. The minimum atomic E-state index is -0.0882. The Morgan fingerprint density at radius 2 is 1.84 bits per heavy atom. The van der Waals surface area contributed by atoms with Crippen LogP contribution in [0.15, 0.2) is 59.7 Å². The number of H-pyrrole nitrogens is 1. The lowest BCUT2D eigenvalue weighted by atomic mass is 10.0. The lowest BCUT2D eigenvalue weighted by molar-refractivity contribution is 0.0693. The van der Waals surface area contributed by atoms with Gasteiger partial charge in [0.05, 0.1) is 28.5 Å². The molecule has 32 heavy (non-hydrogen) atoms. The third kappa shape index (κ3) is 3.41. The highest BCUT2D eigenvalue weighted by Gasteiger charge is 2.30. The molecule has 164 valence electrons. The second-order valence-corrected chi connectivity index (χ2v) is 8.54. The Kier molecular flexibility index (Phi) is 5.13. The van der Waals surface area contributed by atoms with Crippen LogP contribution < -0.4 is 5.69 Å². The molecule has 0 bridgehead atoms. The van der Waals surface area contributed by atoms with Crippen LogP contribution in [0.3, 0.4) is 0 Å². The number of amides is 1. The summed E-state index contributed by atoms with van der Waals surface area (Å²) < 4.78 is 3.60. The number of hydrogen-bond donors (Lipinski definition) is 1. The molecular formula is C24H26N6O2. The third-order valence-corrected chi connectivity index (χ3v) is 6.19. The lowest BCUT2D eigenvalue weighted by Gasteiger charge is -2.32. The van der Waals surface area contributed by atoms with Crippen molar-refractivity contribution in [2.45, 2.75) is 38.6 Å². The van der Waals surface area contributed by atoms with E-state index >= 15 is 0 Å². The van der Waals surface area contributed by atoms with E-state index in [1.807, 2.05) is 51.9 Å². The largest absolute Gasteiger partial charge is 0.338 e. The van der Waals surface area contributed by atoms with Gasteiger partial charge in [0.25, 0.3) is 5.91 Å². The molecule has 1 aliphatic rings. The van der Waals surface area contributed by atoms with Crippen molar-refractivity contribution in [1.82, 2.24) is 29.2 Å². The number of para-hydroxylation sites is 2. The standard InChI is InChI=1S/C24H26N6O2/c1-16(2)22-18(15-26-30(22)21-9-5-6-12-25-21)23(31)28-13-10-17(11-14-28)29-20-8-4-3-7-19(20)27-24(29)32/h3-9,12,15-17H,10-11,13-14H2,1-2H3,(H,27,32). The van der Waals surface area contributed by atoms with Gasteiger partial charge in [-0.05, 0) is 43.0 Å². The van der Waals surface area contributed by atoms with E-state index in [2.05, 4.69) is 28.9 Å². The molecule has 1 aliphatic heterocycles. The first-order chi connectivity index (χ1) is 15.5. The van der Waals surface area contributed by atoms with Crippen molar-refractivity contribution in [1.29, 1.82) is 0 Å². The summed E-state index contributed by atoms with van der Waals surface area (Å²) in [6.45, 7) is 5.31. The topological polar surface area (TPSA) is 88.8 Å². The maximum atomic E-state index is 13.4.